The summed E-state index contributed by atoms with van der Waals surface area (Å²) in [6.45, 7) is 6.82. The molecule has 6 heteroatoms. The fourth-order valence-corrected chi connectivity index (χ4v) is 3.25. The number of fused-ring (bicyclic) bond motifs is 3. The topological polar surface area (TPSA) is 55.6 Å². The van der Waals surface area contributed by atoms with Gasteiger partial charge in [-0.25, -0.2) is 4.98 Å². The van der Waals surface area contributed by atoms with Crippen molar-refractivity contribution < 1.29 is 4.74 Å². The average molecular weight is 297 g/mol. The van der Waals surface area contributed by atoms with Crippen LogP contribution in [-0.4, -0.2) is 49.8 Å². The van der Waals surface area contributed by atoms with E-state index in [9.17, 15) is 0 Å². The number of ether oxygens (including phenoxy) is 1. The van der Waals surface area contributed by atoms with Crippen LogP contribution in [0.2, 0.25) is 0 Å². The van der Waals surface area contributed by atoms with Crippen LogP contribution in [0.5, 0.6) is 0 Å². The number of para-hydroxylation sites is 1. The molecule has 1 saturated heterocycles. The molecule has 1 aliphatic heterocycles. The van der Waals surface area contributed by atoms with Gasteiger partial charge >= 0.3 is 0 Å². The highest BCUT2D eigenvalue weighted by Crippen LogP contribution is 2.18. The van der Waals surface area contributed by atoms with E-state index in [1.165, 1.54) is 0 Å². The Balaban J connectivity index is 1.69. The molecule has 6 nitrogen and oxygen atoms in total. The van der Waals surface area contributed by atoms with Crippen molar-refractivity contribution in [3.05, 3.63) is 36.4 Å². The highest BCUT2D eigenvalue weighted by molar-refractivity contribution is 5.90. The average Bonchev–Trinajstić information content (AvgIpc) is 2.90. The maximum absolute atomic E-state index is 5.78. The van der Waals surface area contributed by atoms with Crippen LogP contribution in [0.1, 0.15) is 19.7 Å². The van der Waals surface area contributed by atoms with Gasteiger partial charge < -0.3 is 4.74 Å². The first kappa shape index (κ1) is 13.6. The van der Waals surface area contributed by atoms with Crippen molar-refractivity contribution in [2.24, 2.45) is 0 Å². The van der Waals surface area contributed by atoms with Gasteiger partial charge in [-0.1, -0.05) is 12.1 Å². The van der Waals surface area contributed by atoms with E-state index in [1.807, 2.05) is 35.0 Å². The van der Waals surface area contributed by atoms with Crippen molar-refractivity contribution in [3.63, 3.8) is 0 Å². The summed E-state index contributed by atoms with van der Waals surface area (Å²) in [6.07, 6.45) is 2.32. The standard InChI is InChI=1S/C16H19N5O/c1-11-7-20(8-12(2)22-11)9-15-18-19-16-13-5-3-4-6-14(13)17-10-21(15)16/h3-6,10-12H,7-9H2,1-2H3/t11-,12+. The van der Waals surface area contributed by atoms with E-state index in [1.54, 1.807) is 0 Å². The van der Waals surface area contributed by atoms with Gasteiger partial charge in [-0.15, -0.1) is 10.2 Å². The van der Waals surface area contributed by atoms with E-state index in [4.69, 9.17) is 4.74 Å². The lowest BCUT2D eigenvalue weighted by Crippen LogP contribution is -2.45. The third kappa shape index (κ3) is 2.34. The first-order valence-electron chi connectivity index (χ1n) is 7.66. The number of benzene rings is 1. The second-order valence-electron chi connectivity index (χ2n) is 6.02. The normalized spacial score (nSPS) is 23.4. The highest BCUT2D eigenvalue weighted by Gasteiger charge is 2.23. The minimum atomic E-state index is 0.252. The van der Waals surface area contributed by atoms with Gasteiger partial charge in [0, 0.05) is 18.5 Å². The minimum Gasteiger partial charge on any atom is -0.373 e. The van der Waals surface area contributed by atoms with Gasteiger partial charge in [0.1, 0.15) is 6.33 Å². The lowest BCUT2D eigenvalue weighted by molar-refractivity contribution is -0.0711. The van der Waals surface area contributed by atoms with Crippen LogP contribution in [-0.2, 0) is 11.3 Å². The Morgan fingerprint density at radius 2 is 1.91 bits per heavy atom. The molecule has 2 atom stereocenters. The van der Waals surface area contributed by atoms with Crippen LogP contribution in [0.25, 0.3) is 16.6 Å². The van der Waals surface area contributed by atoms with Gasteiger partial charge in [0.15, 0.2) is 11.5 Å². The van der Waals surface area contributed by atoms with Gasteiger partial charge in [-0.2, -0.15) is 0 Å². The Labute approximate surface area is 128 Å². The molecule has 1 aromatic carbocycles. The molecule has 0 N–H and O–H groups in total. The second-order valence-corrected chi connectivity index (χ2v) is 6.02. The summed E-state index contributed by atoms with van der Waals surface area (Å²) < 4.78 is 7.78. The zero-order valence-electron chi connectivity index (χ0n) is 12.8. The largest absolute Gasteiger partial charge is 0.373 e. The molecule has 0 spiro atoms. The Hall–Kier alpha value is -2.05. The highest BCUT2D eigenvalue weighted by atomic mass is 16.5. The molecular weight excluding hydrogens is 278 g/mol. The number of hydrogen-bond donors (Lipinski definition) is 0. The minimum absolute atomic E-state index is 0.252. The smallest absolute Gasteiger partial charge is 0.171 e. The quantitative estimate of drug-likeness (QED) is 0.723. The number of hydrogen-bond acceptors (Lipinski definition) is 5. The monoisotopic (exact) mass is 297 g/mol. The van der Waals surface area contributed by atoms with Crippen molar-refractivity contribution in [2.45, 2.75) is 32.6 Å². The molecule has 1 fully saturated rings. The van der Waals surface area contributed by atoms with Gasteiger partial charge in [-0.3, -0.25) is 9.30 Å². The summed E-state index contributed by atoms with van der Waals surface area (Å²) in [5.74, 6) is 0.926. The Morgan fingerprint density at radius 3 is 2.73 bits per heavy atom. The van der Waals surface area contributed by atoms with E-state index < -0.39 is 0 Å². The van der Waals surface area contributed by atoms with Gasteiger partial charge in [-0.05, 0) is 26.0 Å². The fourth-order valence-electron chi connectivity index (χ4n) is 3.25. The zero-order valence-corrected chi connectivity index (χ0v) is 12.8. The molecule has 0 aliphatic carbocycles. The molecule has 114 valence electrons. The maximum atomic E-state index is 5.78. The number of rotatable bonds is 2. The molecule has 3 heterocycles. The molecule has 2 aromatic heterocycles. The van der Waals surface area contributed by atoms with Crippen LogP contribution in [0.3, 0.4) is 0 Å². The summed E-state index contributed by atoms with van der Waals surface area (Å²) >= 11 is 0. The molecule has 1 aliphatic rings. The fraction of sp³-hybridized carbons (Fsp3) is 0.438. The lowest BCUT2D eigenvalue weighted by atomic mass is 10.2. The molecule has 4 rings (SSSR count). The molecule has 0 bridgehead atoms. The number of morpholine rings is 1. The molecule has 22 heavy (non-hydrogen) atoms. The van der Waals surface area contributed by atoms with Crippen LogP contribution in [0, 0.1) is 0 Å². The van der Waals surface area contributed by atoms with Gasteiger partial charge in [0.25, 0.3) is 0 Å². The number of aromatic nitrogens is 4. The summed E-state index contributed by atoms with van der Waals surface area (Å²) in [7, 11) is 0. The molecule has 0 unspecified atom stereocenters. The SMILES string of the molecule is C[C@@H]1CN(Cc2nnc3c4ccccc4ncn23)C[C@H](C)O1. The predicted octanol–water partition coefficient (Wildman–Crippen LogP) is 1.89. The molecule has 3 aromatic rings. The maximum Gasteiger partial charge on any atom is 0.171 e. The van der Waals surface area contributed by atoms with Crippen molar-refractivity contribution in [1.82, 2.24) is 24.5 Å². The van der Waals surface area contributed by atoms with Crippen molar-refractivity contribution >= 4 is 16.6 Å². The van der Waals surface area contributed by atoms with Crippen LogP contribution in [0.15, 0.2) is 30.6 Å². The van der Waals surface area contributed by atoms with Crippen molar-refractivity contribution in [1.29, 1.82) is 0 Å². The Morgan fingerprint density at radius 1 is 1.14 bits per heavy atom. The van der Waals surface area contributed by atoms with Gasteiger partial charge in [0.05, 0.1) is 24.3 Å². The lowest BCUT2D eigenvalue weighted by Gasteiger charge is -2.34. The predicted molar refractivity (Wildman–Crippen MR) is 83.6 cm³/mol. The van der Waals surface area contributed by atoms with Crippen molar-refractivity contribution in [3.8, 4) is 0 Å². The first-order valence-corrected chi connectivity index (χ1v) is 7.66. The summed E-state index contributed by atoms with van der Waals surface area (Å²) in [4.78, 5) is 6.87. The van der Waals surface area contributed by atoms with E-state index in [-0.39, 0.29) is 12.2 Å². The van der Waals surface area contributed by atoms with Crippen LogP contribution >= 0.6 is 0 Å². The third-order valence-corrected chi connectivity index (χ3v) is 4.08. The van der Waals surface area contributed by atoms with Crippen LogP contribution in [0.4, 0.5) is 0 Å². The molecule has 0 radical (unpaired) electrons. The molecular formula is C16H19N5O. The van der Waals surface area contributed by atoms with E-state index in [0.717, 1.165) is 42.0 Å². The third-order valence-electron chi connectivity index (χ3n) is 4.08. The van der Waals surface area contributed by atoms with E-state index in [2.05, 4.69) is 33.9 Å². The number of nitrogens with zero attached hydrogens (tertiary/aromatic N) is 5. The molecule has 0 amide bonds. The first-order chi connectivity index (χ1) is 10.7. The summed E-state index contributed by atoms with van der Waals surface area (Å²) in [5, 5.41) is 9.78. The Bertz CT molecular complexity index is 805. The Kier molecular flexibility index (Phi) is 3.28. The van der Waals surface area contributed by atoms with Crippen LogP contribution < -0.4 is 0 Å². The van der Waals surface area contributed by atoms with E-state index >= 15 is 0 Å². The van der Waals surface area contributed by atoms with E-state index in [0.29, 0.717) is 0 Å². The summed E-state index contributed by atoms with van der Waals surface area (Å²) in [6, 6.07) is 8.02. The zero-order chi connectivity index (χ0) is 15.1. The summed E-state index contributed by atoms with van der Waals surface area (Å²) in [5.41, 5.74) is 1.82. The van der Waals surface area contributed by atoms with Crippen molar-refractivity contribution in [2.75, 3.05) is 13.1 Å². The van der Waals surface area contributed by atoms with Gasteiger partial charge in [0.2, 0.25) is 0 Å². The second kappa shape index (κ2) is 5.30. The molecule has 0 saturated carbocycles.